The molecular formula is C9H17IOSi. The van der Waals surface area contributed by atoms with E-state index in [4.69, 9.17) is 4.43 Å². The summed E-state index contributed by atoms with van der Waals surface area (Å²) in [6.07, 6.45) is 2.13. The van der Waals surface area contributed by atoms with Crippen molar-refractivity contribution < 1.29 is 4.43 Å². The number of hydrogen-bond donors (Lipinski definition) is 0. The van der Waals surface area contributed by atoms with Crippen molar-refractivity contribution in [3.05, 3.63) is 15.6 Å². The molecule has 0 aromatic heterocycles. The van der Waals surface area contributed by atoms with E-state index in [0.717, 1.165) is 18.6 Å². The topological polar surface area (TPSA) is 9.23 Å². The minimum atomic E-state index is -1.42. The summed E-state index contributed by atoms with van der Waals surface area (Å²) < 4.78 is 7.72. The molecule has 1 nitrogen and oxygen atoms in total. The Labute approximate surface area is 90.2 Å². The Morgan fingerprint density at radius 2 is 2.08 bits per heavy atom. The fraction of sp³-hybridized carbons (Fsp3) is 0.667. The van der Waals surface area contributed by atoms with Crippen molar-refractivity contribution in [2.75, 3.05) is 0 Å². The molecule has 0 aliphatic heterocycles. The van der Waals surface area contributed by atoms with Crippen molar-refractivity contribution in [1.29, 1.82) is 0 Å². The molecule has 12 heavy (non-hydrogen) atoms. The lowest BCUT2D eigenvalue weighted by Crippen LogP contribution is -2.24. The Morgan fingerprint density at radius 1 is 1.50 bits per heavy atom. The van der Waals surface area contributed by atoms with Gasteiger partial charge in [0, 0.05) is 10.5 Å². The van der Waals surface area contributed by atoms with Gasteiger partial charge >= 0.3 is 0 Å². The molecule has 0 unspecified atom stereocenters. The summed E-state index contributed by atoms with van der Waals surface area (Å²) in [5.74, 6) is 1.02. The van der Waals surface area contributed by atoms with Crippen LogP contribution in [0.15, 0.2) is 15.6 Å². The molecule has 3 heteroatoms. The van der Waals surface area contributed by atoms with E-state index in [2.05, 4.69) is 54.9 Å². The monoisotopic (exact) mass is 296 g/mol. The van der Waals surface area contributed by atoms with E-state index in [1.807, 2.05) is 4.08 Å². The predicted octanol–water partition coefficient (Wildman–Crippen LogP) is 4.07. The second kappa shape index (κ2) is 5.83. The maximum absolute atomic E-state index is 5.83. The summed E-state index contributed by atoms with van der Waals surface area (Å²) >= 11 is 2.17. The molecule has 0 atom stereocenters. The van der Waals surface area contributed by atoms with Gasteiger partial charge in [-0.15, -0.1) is 0 Å². The fourth-order valence-corrected chi connectivity index (χ4v) is 2.06. The lowest BCUT2D eigenvalue weighted by Gasteiger charge is -2.19. The van der Waals surface area contributed by atoms with Gasteiger partial charge in [-0.1, -0.05) is 12.7 Å². The van der Waals surface area contributed by atoms with Crippen LogP contribution in [-0.2, 0) is 4.43 Å². The molecule has 70 valence electrons. The lowest BCUT2D eigenvalue weighted by molar-refractivity contribution is 0.399. The summed E-state index contributed by atoms with van der Waals surface area (Å²) in [6, 6.07) is 0. The summed E-state index contributed by atoms with van der Waals surface area (Å²) in [4.78, 5) is 0. The quantitative estimate of drug-likeness (QED) is 0.329. The highest BCUT2D eigenvalue weighted by Crippen LogP contribution is 2.13. The molecule has 0 amide bonds. The fourth-order valence-electron chi connectivity index (χ4n) is 0.810. The highest BCUT2D eigenvalue weighted by molar-refractivity contribution is 14.1. The molecule has 0 aromatic rings. The molecule has 0 radical (unpaired) electrons. The maximum atomic E-state index is 5.83. The molecule has 0 heterocycles. The Balaban J connectivity index is 4.26. The Bertz CT molecular complexity index is 187. The highest BCUT2D eigenvalue weighted by atomic mass is 127. The molecule has 0 bridgehead atoms. The molecular weight excluding hydrogens is 279 g/mol. The SMILES string of the molecule is CCCC(=C=CI)O[Si](C)(C)C. The Morgan fingerprint density at radius 3 is 2.42 bits per heavy atom. The van der Waals surface area contributed by atoms with Crippen LogP contribution in [0.1, 0.15) is 19.8 Å². The zero-order valence-corrected chi connectivity index (χ0v) is 11.4. The average molecular weight is 296 g/mol. The zero-order valence-electron chi connectivity index (χ0n) is 8.28. The molecule has 0 aliphatic rings. The van der Waals surface area contributed by atoms with Crippen LogP contribution >= 0.6 is 22.6 Å². The highest BCUT2D eigenvalue weighted by Gasteiger charge is 2.16. The van der Waals surface area contributed by atoms with Gasteiger partial charge in [-0.25, -0.2) is 0 Å². The largest absolute Gasteiger partial charge is 0.542 e. The molecule has 0 spiro atoms. The lowest BCUT2D eigenvalue weighted by atomic mass is 10.3. The van der Waals surface area contributed by atoms with Gasteiger partial charge in [0.1, 0.15) is 5.76 Å². The van der Waals surface area contributed by atoms with Crippen molar-refractivity contribution in [3.8, 4) is 0 Å². The standard InChI is InChI=1S/C9H17IOSi/c1-5-6-9(7-8-10)11-12(2,3)4/h8H,5-6H2,1-4H3. The predicted molar refractivity (Wildman–Crippen MR) is 65.0 cm³/mol. The normalized spacial score (nSPS) is 10.4. The van der Waals surface area contributed by atoms with Crippen molar-refractivity contribution >= 4 is 30.9 Å². The van der Waals surface area contributed by atoms with Gasteiger partial charge in [-0.3, -0.25) is 0 Å². The average Bonchev–Trinajstić information content (AvgIpc) is 1.84. The van der Waals surface area contributed by atoms with Crippen LogP contribution in [0.25, 0.3) is 0 Å². The minimum absolute atomic E-state index is 1.00. The van der Waals surface area contributed by atoms with E-state index >= 15 is 0 Å². The Hall–Kier alpha value is 0.267. The summed E-state index contributed by atoms with van der Waals surface area (Å²) in [5, 5.41) is 0. The van der Waals surface area contributed by atoms with Crippen molar-refractivity contribution in [2.45, 2.75) is 39.4 Å². The van der Waals surface area contributed by atoms with Crippen molar-refractivity contribution in [3.63, 3.8) is 0 Å². The van der Waals surface area contributed by atoms with E-state index in [1.54, 1.807) is 0 Å². The third-order valence-corrected chi connectivity index (χ3v) is 2.29. The molecule has 0 rings (SSSR count). The van der Waals surface area contributed by atoms with E-state index < -0.39 is 8.32 Å². The van der Waals surface area contributed by atoms with Crippen LogP contribution in [0, 0.1) is 0 Å². The molecule has 0 aromatic carbocycles. The van der Waals surface area contributed by atoms with E-state index in [9.17, 15) is 0 Å². The van der Waals surface area contributed by atoms with Gasteiger partial charge in [0.25, 0.3) is 0 Å². The van der Waals surface area contributed by atoms with Crippen LogP contribution in [0.5, 0.6) is 0 Å². The van der Waals surface area contributed by atoms with E-state index in [1.165, 1.54) is 0 Å². The van der Waals surface area contributed by atoms with E-state index in [0.29, 0.717) is 0 Å². The molecule has 0 fully saturated rings. The summed E-state index contributed by atoms with van der Waals surface area (Å²) in [5.41, 5.74) is 3.13. The minimum Gasteiger partial charge on any atom is -0.542 e. The van der Waals surface area contributed by atoms with Gasteiger partial charge < -0.3 is 4.43 Å². The van der Waals surface area contributed by atoms with Gasteiger partial charge in [0.15, 0.2) is 0 Å². The second-order valence-corrected chi connectivity index (χ2v) is 8.69. The smallest absolute Gasteiger partial charge is 0.242 e. The van der Waals surface area contributed by atoms with Crippen LogP contribution in [0.2, 0.25) is 19.6 Å². The van der Waals surface area contributed by atoms with Gasteiger partial charge in [-0.05, 0) is 48.7 Å². The summed E-state index contributed by atoms with van der Waals surface area (Å²) in [6.45, 7) is 8.73. The van der Waals surface area contributed by atoms with Gasteiger partial charge in [0.2, 0.25) is 8.32 Å². The van der Waals surface area contributed by atoms with Crippen LogP contribution in [0.4, 0.5) is 0 Å². The third kappa shape index (κ3) is 6.95. The summed E-state index contributed by atoms with van der Waals surface area (Å²) in [7, 11) is -1.42. The van der Waals surface area contributed by atoms with Crippen molar-refractivity contribution in [2.24, 2.45) is 0 Å². The molecule has 0 saturated heterocycles. The third-order valence-electron chi connectivity index (χ3n) is 1.12. The second-order valence-electron chi connectivity index (χ2n) is 3.64. The Kier molecular flexibility index (Phi) is 5.96. The number of halogens is 1. The van der Waals surface area contributed by atoms with Crippen LogP contribution < -0.4 is 0 Å². The van der Waals surface area contributed by atoms with Crippen LogP contribution in [0.3, 0.4) is 0 Å². The first-order chi connectivity index (χ1) is 5.49. The number of allylic oxidation sites excluding steroid dienone is 1. The zero-order chi connectivity index (χ0) is 9.61. The van der Waals surface area contributed by atoms with E-state index in [-0.39, 0.29) is 0 Å². The molecule has 0 saturated carbocycles. The first-order valence-electron chi connectivity index (χ1n) is 4.23. The number of hydrogen-bond acceptors (Lipinski definition) is 1. The first kappa shape index (κ1) is 12.3. The van der Waals surface area contributed by atoms with Crippen molar-refractivity contribution in [1.82, 2.24) is 0 Å². The van der Waals surface area contributed by atoms with Gasteiger partial charge in [0.05, 0.1) is 0 Å². The molecule has 0 N–H and O–H groups in total. The number of rotatable bonds is 4. The molecule has 0 aliphatic carbocycles. The first-order valence-corrected chi connectivity index (χ1v) is 8.88. The van der Waals surface area contributed by atoms with Gasteiger partial charge in [-0.2, -0.15) is 0 Å². The van der Waals surface area contributed by atoms with Crippen LogP contribution in [-0.4, -0.2) is 8.32 Å². The maximum Gasteiger partial charge on any atom is 0.242 e.